The smallest absolute Gasteiger partial charge is 0.257 e. The van der Waals surface area contributed by atoms with Gasteiger partial charge in [-0.15, -0.1) is 5.10 Å². The van der Waals surface area contributed by atoms with Crippen LogP contribution >= 0.6 is 11.3 Å². The molecule has 2 aromatic heterocycles. The summed E-state index contributed by atoms with van der Waals surface area (Å²) in [4.78, 5) is 17.4. The zero-order valence-electron chi connectivity index (χ0n) is 17.1. The Hall–Kier alpha value is -3.22. The van der Waals surface area contributed by atoms with Crippen LogP contribution in [-0.4, -0.2) is 56.9 Å². The lowest BCUT2D eigenvalue weighted by Crippen LogP contribution is -2.27. The van der Waals surface area contributed by atoms with Gasteiger partial charge in [-0.05, 0) is 72.2 Å². The summed E-state index contributed by atoms with van der Waals surface area (Å²) >= 11 is 1.24. The van der Waals surface area contributed by atoms with Crippen molar-refractivity contribution < 1.29 is 13.2 Å². The van der Waals surface area contributed by atoms with E-state index in [0.717, 1.165) is 24.1 Å². The first-order chi connectivity index (χ1) is 15.4. The van der Waals surface area contributed by atoms with Crippen molar-refractivity contribution in [2.24, 2.45) is 0 Å². The Morgan fingerprint density at radius 3 is 2.66 bits per heavy atom. The van der Waals surface area contributed by atoms with Crippen molar-refractivity contribution in [2.75, 3.05) is 18.4 Å². The number of fused-ring (bicyclic) bond motifs is 1. The maximum Gasteiger partial charge on any atom is 0.257 e. The predicted molar refractivity (Wildman–Crippen MR) is 119 cm³/mol. The predicted octanol–water partition coefficient (Wildman–Crippen LogP) is 2.62. The number of hydrogen-bond acceptors (Lipinski definition) is 8. The quantitative estimate of drug-likeness (QED) is 0.477. The third kappa shape index (κ3) is 3.76. The van der Waals surface area contributed by atoms with Gasteiger partial charge in [-0.25, -0.2) is 18.1 Å². The number of aromatic nitrogens is 5. The van der Waals surface area contributed by atoms with E-state index in [2.05, 4.69) is 25.8 Å². The molecule has 5 rings (SSSR count). The molecule has 1 fully saturated rings. The molecule has 164 valence electrons. The molecular formula is C20H19N7O3S2. The molecule has 0 saturated carbocycles. The van der Waals surface area contributed by atoms with Gasteiger partial charge in [0.25, 0.3) is 5.91 Å². The van der Waals surface area contributed by atoms with Crippen LogP contribution in [-0.2, 0) is 10.0 Å². The number of carbonyl (C=O) groups is 1. The molecule has 12 heteroatoms. The molecule has 0 bridgehead atoms. The number of anilines is 1. The zero-order chi connectivity index (χ0) is 22.3. The topological polar surface area (TPSA) is 123 Å². The highest BCUT2D eigenvalue weighted by Crippen LogP contribution is 2.30. The summed E-state index contributed by atoms with van der Waals surface area (Å²) in [7, 11) is -3.51. The molecule has 1 aliphatic rings. The summed E-state index contributed by atoms with van der Waals surface area (Å²) in [6.45, 7) is 2.97. The normalized spacial score (nSPS) is 14.8. The fraction of sp³-hybridized carbons (Fsp3) is 0.250. The van der Waals surface area contributed by atoms with Gasteiger partial charge in [-0.3, -0.25) is 10.1 Å². The molecule has 0 aliphatic carbocycles. The van der Waals surface area contributed by atoms with Gasteiger partial charge in [0.15, 0.2) is 5.13 Å². The first-order valence-corrected chi connectivity index (χ1v) is 12.2. The zero-order valence-corrected chi connectivity index (χ0v) is 18.7. The molecule has 3 heterocycles. The molecule has 1 saturated heterocycles. The van der Waals surface area contributed by atoms with Crippen LogP contribution < -0.4 is 5.32 Å². The van der Waals surface area contributed by atoms with Crippen molar-refractivity contribution in [3.05, 3.63) is 53.9 Å². The minimum Gasteiger partial charge on any atom is -0.298 e. The van der Waals surface area contributed by atoms with Crippen molar-refractivity contribution in [1.29, 1.82) is 0 Å². The summed E-state index contributed by atoms with van der Waals surface area (Å²) in [5.41, 5.74) is 2.72. The average molecular weight is 470 g/mol. The largest absolute Gasteiger partial charge is 0.298 e. The number of nitrogens with zero attached hydrogens (tertiary/aromatic N) is 6. The van der Waals surface area contributed by atoms with Gasteiger partial charge in [0.1, 0.15) is 6.33 Å². The third-order valence-corrected chi connectivity index (χ3v) is 8.17. The van der Waals surface area contributed by atoms with Crippen molar-refractivity contribution in [1.82, 2.24) is 29.5 Å². The van der Waals surface area contributed by atoms with Gasteiger partial charge in [0.05, 0.1) is 20.8 Å². The number of thiazole rings is 1. The van der Waals surface area contributed by atoms with Gasteiger partial charge < -0.3 is 0 Å². The molecule has 10 nitrogen and oxygen atoms in total. The molecule has 0 atom stereocenters. The SMILES string of the molecule is Cc1cc(C(=O)Nc2nc3ccc(S(=O)(=O)N4CCCC4)cc3s2)ccc1-n1cnnn1. The van der Waals surface area contributed by atoms with Crippen LogP contribution in [0, 0.1) is 6.92 Å². The highest BCUT2D eigenvalue weighted by atomic mass is 32.2. The summed E-state index contributed by atoms with van der Waals surface area (Å²) in [5, 5.41) is 14.3. The number of rotatable bonds is 5. The molecular weight excluding hydrogens is 450 g/mol. The summed E-state index contributed by atoms with van der Waals surface area (Å²) in [6, 6.07) is 10.1. The molecule has 0 radical (unpaired) electrons. The number of tetrazole rings is 1. The van der Waals surface area contributed by atoms with Crippen LogP contribution in [0.1, 0.15) is 28.8 Å². The Morgan fingerprint density at radius 1 is 1.12 bits per heavy atom. The standard InChI is InChI=1S/C20H19N7O3S2/c1-13-10-14(4-7-17(13)27-12-21-24-25-27)19(28)23-20-22-16-6-5-15(11-18(16)31-20)32(29,30)26-8-2-3-9-26/h4-7,10-12H,2-3,8-9H2,1H3,(H,22,23,28). The lowest BCUT2D eigenvalue weighted by Gasteiger charge is -2.15. The van der Waals surface area contributed by atoms with Crippen molar-refractivity contribution in [3.8, 4) is 5.69 Å². The second-order valence-electron chi connectivity index (χ2n) is 7.47. The van der Waals surface area contributed by atoms with Gasteiger partial charge in [-0.1, -0.05) is 11.3 Å². The Kier molecular flexibility index (Phi) is 5.19. The van der Waals surface area contributed by atoms with Crippen LogP contribution in [0.2, 0.25) is 0 Å². The van der Waals surface area contributed by atoms with E-state index in [1.54, 1.807) is 36.4 Å². The number of benzene rings is 2. The maximum absolute atomic E-state index is 12.8. The molecule has 1 aliphatic heterocycles. The average Bonchev–Trinajstić information content (AvgIpc) is 3.54. The second-order valence-corrected chi connectivity index (χ2v) is 10.4. The molecule has 0 spiro atoms. The number of aryl methyl sites for hydroxylation is 1. The number of amides is 1. The molecule has 4 aromatic rings. The molecule has 32 heavy (non-hydrogen) atoms. The monoisotopic (exact) mass is 469 g/mol. The van der Waals surface area contributed by atoms with Crippen LogP contribution in [0.3, 0.4) is 0 Å². The third-order valence-electron chi connectivity index (χ3n) is 5.34. The van der Waals surface area contributed by atoms with Crippen LogP contribution in [0.5, 0.6) is 0 Å². The van der Waals surface area contributed by atoms with Crippen LogP contribution in [0.15, 0.2) is 47.6 Å². The van der Waals surface area contributed by atoms with E-state index in [4.69, 9.17) is 0 Å². The van der Waals surface area contributed by atoms with E-state index >= 15 is 0 Å². The van der Waals surface area contributed by atoms with E-state index in [1.807, 2.05) is 6.92 Å². The number of carbonyl (C=O) groups excluding carboxylic acids is 1. The lowest BCUT2D eigenvalue weighted by molar-refractivity contribution is 0.102. The fourth-order valence-electron chi connectivity index (χ4n) is 3.69. The van der Waals surface area contributed by atoms with Crippen molar-refractivity contribution in [3.63, 3.8) is 0 Å². The van der Waals surface area contributed by atoms with E-state index < -0.39 is 10.0 Å². The van der Waals surface area contributed by atoms with E-state index in [9.17, 15) is 13.2 Å². The molecule has 1 N–H and O–H groups in total. The van der Waals surface area contributed by atoms with E-state index in [0.29, 0.717) is 34.0 Å². The minimum absolute atomic E-state index is 0.252. The maximum atomic E-state index is 12.8. The molecule has 2 aromatic carbocycles. The second kappa shape index (κ2) is 8.04. The van der Waals surface area contributed by atoms with E-state index in [-0.39, 0.29) is 10.8 Å². The number of hydrogen-bond donors (Lipinski definition) is 1. The Labute approximate surface area is 187 Å². The van der Waals surface area contributed by atoms with Crippen molar-refractivity contribution >= 4 is 42.6 Å². The number of sulfonamides is 1. The highest BCUT2D eigenvalue weighted by molar-refractivity contribution is 7.89. The summed E-state index contributed by atoms with van der Waals surface area (Å²) < 4.78 is 29.4. The Morgan fingerprint density at radius 2 is 1.94 bits per heavy atom. The van der Waals surface area contributed by atoms with Gasteiger partial charge in [0, 0.05) is 18.7 Å². The fourth-order valence-corrected chi connectivity index (χ4v) is 6.21. The molecule has 0 unspecified atom stereocenters. The Bertz CT molecular complexity index is 1410. The minimum atomic E-state index is -3.51. The first kappa shape index (κ1) is 20.7. The van der Waals surface area contributed by atoms with Gasteiger partial charge in [-0.2, -0.15) is 4.31 Å². The Balaban J connectivity index is 1.37. The highest BCUT2D eigenvalue weighted by Gasteiger charge is 2.27. The number of nitrogens with one attached hydrogen (secondary N) is 1. The lowest BCUT2D eigenvalue weighted by atomic mass is 10.1. The molecule has 1 amide bonds. The van der Waals surface area contributed by atoms with Crippen LogP contribution in [0.25, 0.3) is 15.9 Å². The summed E-state index contributed by atoms with van der Waals surface area (Å²) in [6.07, 6.45) is 3.25. The van der Waals surface area contributed by atoms with Gasteiger partial charge in [0.2, 0.25) is 10.0 Å². The first-order valence-electron chi connectivity index (χ1n) is 9.98. The van der Waals surface area contributed by atoms with E-state index in [1.165, 1.54) is 26.7 Å². The summed E-state index contributed by atoms with van der Waals surface area (Å²) in [5.74, 6) is -0.305. The van der Waals surface area contributed by atoms with Crippen molar-refractivity contribution in [2.45, 2.75) is 24.7 Å². The van der Waals surface area contributed by atoms with Gasteiger partial charge >= 0.3 is 0 Å². The van der Waals surface area contributed by atoms with Crippen LogP contribution in [0.4, 0.5) is 5.13 Å².